The lowest BCUT2D eigenvalue weighted by molar-refractivity contribution is -0.119. The van der Waals surface area contributed by atoms with Crippen molar-refractivity contribution < 1.29 is 19.1 Å². The SMILES string of the molecule is O=C(/C=C/c1ccc(OCCCCCCCCCCCCc2ccc(N3C(=O)C=CC3=O)cc2)cc1)c1ccccc1. The molecule has 3 aromatic rings. The van der Waals surface area contributed by atoms with Crippen LogP contribution in [-0.4, -0.2) is 24.2 Å². The van der Waals surface area contributed by atoms with E-state index in [2.05, 4.69) is 0 Å². The number of nitrogens with zero attached hydrogens (tertiary/aromatic N) is 1. The van der Waals surface area contributed by atoms with Gasteiger partial charge in [-0.3, -0.25) is 14.4 Å². The zero-order valence-electron chi connectivity index (χ0n) is 24.4. The monoisotopic (exact) mass is 563 g/mol. The van der Waals surface area contributed by atoms with Crippen LogP contribution in [0.1, 0.15) is 85.7 Å². The van der Waals surface area contributed by atoms with Crippen LogP contribution in [0.4, 0.5) is 5.69 Å². The molecule has 5 nitrogen and oxygen atoms in total. The first-order valence-electron chi connectivity index (χ1n) is 15.3. The molecule has 0 aliphatic carbocycles. The number of allylic oxidation sites excluding steroid dienone is 1. The van der Waals surface area contributed by atoms with Crippen molar-refractivity contribution >= 4 is 29.4 Å². The molecule has 0 saturated carbocycles. The van der Waals surface area contributed by atoms with E-state index < -0.39 is 0 Å². The third kappa shape index (κ3) is 9.99. The van der Waals surface area contributed by atoms with Crippen molar-refractivity contribution in [1.29, 1.82) is 0 Å². The second-order valence-electron chi connectivity index (χ2n) is 10.8. The highest BCUT2D eigenvalue weighted by Crippen LogP contribution is 2.21. The molecule has 5 heteroatoms. The Morgan fingerprint density at radius 1 is 0.643 bits per heavy atom. The van der Waals surface area contributed by atoms with Crippen LogP contribution in [0, 0.1) is 0 Å². The van der Waals surface area contributed by atoms with Crippen LogP contribution in [0.2, 0.25) is 0 Å². The molecule has 0 spiro atoms. The van der Waals surface area contributed by atoms with E-state index >= 15 is 0 Å². The van der Waals surface area contributed by atoms with Gasteiger partial charge in [-0.1, -0.05) is 112 Å². The molecule has 1 aliphatic rings. The van der Waals surface area contributed by atoms with Crippen LogP contribution in [0.15, 0.2) is 97.1 Å². The molecule has 0 unspecified atom stereocenters. The van der Waals surface area contributed by atoms with Gasteiger partial charge in [0.05, 0.1) is 12.3 Å². The Balaban J connectivity index is 0.959. The number of benzene rings is 3. The lowest BCUT2D eigenvalue weighted by Crippen LogP contribution is -2.29. The zero-order valence-corrected chi connectivity index (χ0v) is 24.4. The molecular weight excluding hydrogens is 522 g/mol. The highest BCUT2D eigenvalue weighted by atomic mass is 16.5. The third-order valence-corrected chi connectivity index (χ3v) is 7.50. The number of imide groups is 1. The summed E-state index contributed by atoms with van der Waals surface area (Å²) in [6, 6.07) is 24.9. The molecule has 0 radical (unpaired) electrons. The maximum Gasteiger partial charge on any atom is 0.258 e. The Bertz CT molecular complexity index is 1320. The van der Waals surface area contributed by atoms with Gasteiger partial charge in [0.2, 0.25) is 0 Å². The zero-order chi connectivity index (χ0) is 29.4. The number of anilines is 1. The van der Waals surface area contributed by atoms with Gasteiger partial charge in [0.1, 0.15) is 5.75 Å². The van der Waals surface area contributed by atoms with Crippen LogP contribution in [0.3, 0.4) is 0 Å². The van der Waals surface area contributed by atoms with Crippen LogP contribution in [-0.2, 0) is 16.0 Å². The van der Waals surface area contributed by atoms with E-state index in [1.807, 2.05) is 84.9 Å². The van der Waals surface area contributed by atoms with E-state index in [-0.39, 0.29) is 17.6 Å². The first kappa shape index (κ1) is 30.7. The standard InChI is InChI=1S/C37H41NO4/c39-35(32-15-11-9-12-16-32)26-21-31-19-24-34(25-20-31)42-29-13-8-6-4-2-1-3-5-7-10-14-30-17-22-33(23-18-30)38-36(40)27-28-37(38)41/h9,11-12,15-28H,1-8,10,13-14,29H2/b26-21+. The fraction of sp³-hybridized carbons (Fsp3) is 0.324. The van der Waals surface area contributed by atoms with Crippen molar-refractivity contribution in [3.05, 3.63) is 114 Å². The second kappa shape index (κ2) is 16.9. The molecule has 3 aromatic carbocycles. The van der Waals surface area contributed by atoms with Crippen LogP contribution >= 0.6 is 0 Å². The van der Waals surface area contributed by atoms with E-state index in [9.17, 15) is 14.4 Å². The van der Waals surface area contributed by atoms with Gasteiger partial charge >= 0.3 is 0 Å². The van der Waals surface area contributed by atoms with E-state index in [0.29, 0.717) is 11.3 Å². The number of aryl methyl sites for hydroxylation is 1. The van der Waals surface area contributed by atoms with Gasteiger partial charge in [-0.2, -0.15) is 0 Å². The average molecular weight is 564 g/mol. The normalized spacial score (nSPS) is 12.9. The van der Waals surface area contributed by atoms with Gasteiger partial charge in [0.15, 0.2) is 5.78 Å². The summed E-state index contributed by atoms with van der Waals surface area (Å²) < 4.78 is 5.89. The number of ketones is 1. The van der Waals surface area contributed by atoms with Crippen LogP contribution in [0.5, 0.6) is 5.75 Å². The van der Waals surface area contributed by atoms with Crippen molar-refractivity contribution in [2.75, 3.05) is 11.5 Å². The molecule has 0 aromatic heterocycles. The summed E-state index contributed by atoms with van der Waals surface area (Å²) in [6.45, 7) is 0.732. The summed E-state index contributed by atoms with van der Waals surface area (Å²) in [4.78, 5) is 37.0. The minimum Gasteiger partial charge on any atom is -0.494 e. The number of carbonyl (C=O) groups is 3. The Morgan fingerprint density at radius 3 is 1.83 bits per heavy atom. The van der Waals surface area contributed by atoms with Crippen molar-refractivity contribution in [3.63, 3.8) is 0 Å². The van der Waals surface area contributed by atoms with Gasteiger partial charge in [-0.05, 0) is 60.7 Å². The van der Waals surface area contributed by atoms with Gasteiger partial charge < -0.3 is 4.74 Å². The lowest BCUT2D eigenvalue weighted by atomic mass is 10.0. The van der Waals surface area contributed by atoms with Crippen LogP contribution in [0.25, 0.3) is 6.08 Å². The summed E-state index contributed by atoms with van der Waals surface area (Å²) in [7, 11) is 0. The predicted molar refractivity (Wildman–Crippen MR) is 170 cm³/mol. The van der Waals surface area contributed by atoms with Gasteiger partial charge in [0, 0.05) is 17.7 Å². The van der Waals surface area contributed by atoms with Crippen molar-refractivity contribution in [2.24, 2.45) is 0 Å². The molecule has 42 heavy (non-hydrogen) atoms. The molecule has 0 bridgehead atoms. The van der Waals surface area contributed by atoms with E-state index in [1.54, 1.807) is 6.08 Å². The summed E-state index contributed by atoms with van der Waals surface area (Å²) in [5.41, 5.74) is 3.56. The predicted octanol–water partition coefficient (Wildman–Crippen LogP) is 8.53. The first-order chi connectivity index (χ1) is 20.6. The Labute approximate surface area is 249 Å². The molecule has 4 rings (SSSR count). The fourth-order valence-corrected chi connectivity index (χ4v) is 5.05. The number of amides is 2. The minimum atomic E-state index is -0.274. The topological polar surface area (TPSA) is 63.7 Å². The third-order valence-electron chi connectivity index (χ3n) is 7.50. The summed E-state index contributed by atoms with van der Waals surface area (Å²) in [5.74, 6) is 0.322. The number of hydrogen-bond acceptors (Lipinski definition) is 4. The molecule has 0 atom stereocenters. The first-order valence-corrected chi connectivity index (χ1v) is 15.3. The number of hydrogen-bond donors (Lipinski definition) is 0. The molecular formula is C37H41NO4. The summed E-state index contributed by atoms with van der Waals surface area (Å²) in [5, 5.41) is 0. The van der Waals surface area contributed by atoms with E-state index in [4.69, 9.17) is 4.74 Å². The average Bonchev–Trinajstić information content (AvgIpc) is 3.36. The maximum absolute atomic E-state index is 12.2. The van der Waals surface area contributed by atoms with Gasteiger partial charge in [0.25, 0.3) is 11.8 Å². The summed E-state index contributed by atoms with van der Waals surface area (Å²) >= 11 is 0. The summed E-state index contributed by atoms with van der Waals surface area (Å²) in [6.07, 6.45) is 19.4. The molecule has 0 saturated heterocycles. The van der Waals surface area contributed by atoms with Crippen molar-refractivity contribution in [1.82, 2.24) is 0 Å². The number of ether oxygens (including phenoxy) is 1. The largest absolute Gasteiger partial charge is 0.494 e. The number of carbonyl (C=O) groups excluding carboxylic acids is 3. The Hall–Kier alpha value is -4.25. The fourth-order valence-electron chi connectivity index (χ4n) is 5.05. The molecule has 1 heterocycles. The quantitative estimate of drug-likeness (QED) is 0.0673. The Morgan fingerprint density at radius 2 is 1.21 bits per heavy atom. The van der Waals surface area contributed by atoms with E-state index in [0.717, 1.165) is 37.2 Å². The minimum absolute atomic E-state index is 0.00280. The van der Waals surface area contributed by atoms with Crippen molar-refractivity contribution in [2.45, 2.75) is 70.6 Å². The second-order valence-corrected chi connectivity index (χ2v) is 10.8. The molecule has 1 aliphatic heterocycles. The maximum atomic E-state index is 12.2. The smallest absolute Gasteiger partial charge is 0.258 e. The highest BCUT2D eigenvalue weighted by Gasteiger charge is 2.24. The number of rotatable bonds is 18. The number of unbranched alkanes of at least 4 members (excludes halogenated alkanes) is 9. The molecule has 0 N–H and O–H groups in total. The molecule has 0 fully saturated rings. The molecule has 218 valence electrons. The highest BCUT2D eigenvalue weighted by molar-refractivity contribution is 6.28. The lowest BCUT2D eigenvalue weighted by Gasteiger charge is -2.14. The van der Waals surface area contributed by atoms with E-state index in [1.165, 1.54) is 74.0 Å². The molecule has 2 amide bonds. The van der Waals surface area contributed by atoms with Gasteiger partial charge in [-0.15, -0.1) is 0 Å². The van der Waals surface area contributed by atoms with Gasteiger partial charge in [-0.25, -0.2) is 4.90 Å². The van der Waals surface area contributed by atoms with Crippen molar-refractivity contribution in [3.8, 4) is 5.75 Å². The Kier molecular flexibility index (Phi) is 12.3. The van der Waals surface area contributed by atoms with Crippen LogP contribution < -0.4 is 9.64 Å².